The monoisotopic (exact) mass is 476 g/mol. The van der Waals surface area contributed by atoms with Gasteiger partial charge in [0.25, 0.3) is 0 Å². The van der Waals surface area contributed by atoms with E-state index in [1.807, 2.05) is 0 Å². The van der Waals surface area contributed by atoms with Crippen molar-refractivity contribution in [3.05, 3.63) is 69.6 Å². The molecule has 0 amide bonds. The number of hydrogen-bond donors (Lipinski definition) is 2. The van der Waals surface area contributed by atoms with E-state index in [4.69, 9.17) is 11.6 Å². The van der Waals surface area contributed by atoms with Crippen molar-refractivity contribution in [1.82, 2.24) is 15.0 Å². The van der Waals surface area contributed by atoms with Crippen molar-refractivity contribution in [3.8, 4) is 0 Å². The summed E-state index contributed by atoms with van der Waals surface area (Å²) in [6.07, 6.45) is -2.57. The molecule has 3 aromatic rings. The number of imidazole rings is 1. The number of nitrogens with one attached hydrogen (secondary N) is 2. The van der Waals surface area contributed by atoms with E-state index in [1.165, 1.54) is 26.0 Å². The summed E-state index contributed by atoms with van der Waals surface area (Å²) < 4.78 is 76.4. The molecule has 0 aliphatic heterocycles. The Morgan fingerprint density at radius 3 is 2.39 bits per heavy atom. The first-order valence-corrected chi connectivity index (χ1v) is 11.1. The van der Waals surface area contributed by atoms with E-state index in [2.05, 4.69) is 20.3 Å². The lowest BCUT2D eigenvalue weighted by Gasteiger charge is -2.20. The highest BCUT2D eigenvalue weighted by atomic mass is 35.5. The Kier molecular flexibility index (Phi) is 6.03. The average molecular weight is 477 g/mol. The molecule has 31 heavy (non-hydrogen) atoms. The van der Waals surface area contributed by atoms with Gasteiger partial charge in [-0.3, -0.25) is 0 Å². The van der Waals surface area contributed by atoms with Crippen LogP contribution in [-0.4, -0.2) is 29.6 Å². The van der Waals surface area contributed by atoms with E-state index in [0.717, 1.165) is 24.6 Å². The summed E-state index contributed by atoms with van der Waals surface area (Å²) in [5.74, 6) is -0.510. The van der Waals surface area contributed by atoms with Gasteiger partial charge in [-0.25, -0.2) is 22.8 Å². The van der Waals surface area contributed by atoms with Crippen molar-refractivity contribution in [2.24, 2.45) is 0 Å². The number of nitrogens with zero attached hydrogens (tertiary/aromatic N) is 2. The van der Waals surface area contributed by atoms with Crippen LogP contribution in [0, 0.1) is 19.7 Å². The number of sulfone groups is 1. The highest BCUT2D eigenvalue weighted by molar-refractivity contribution is 7.90. The van der Waals surface area contributed by atoms with Gasteiger partial charge in [0.05, 0.1) is 22.6 Å². The van der Waals surface area contributed by atoms with E-state index in [0.29, 0.717) is 5.56 Å². The molecule has 1 unspecified atom stereocenters. The minimum Gasteiger partial charge on any atom is -0.370 e. The molecule has 0 saturated heterocycles. The number of alkyl halides is 3. The number of anilines is 1. The minimum atomic E-state index is -4.60. The summed E-state index contributed by atoms with van der Waals surface area (Å²) in [7, 11) is -3.62. The molecule has 1 atom stereocenters. The molecule has 0 aliphatic rings. The van der Waals surface area contributed by atoms with Crippen molar-refractivity contribution >= 4 is 27.1 Å². The van der Waals surface area contributed by atoms with Gasteiger partial charge in [0.2, 0.25) is 0 Å². The van der Waals surface area contributed by atoms with E-state index in [-0.39, 0.29) is 32.8 Å². The molecule has 0 fully saturated rings. The highest BCUT2D eigenvalue weighted by Crippen LogP contribution is 2.33. The molecule has 12 heteroatoms. The van der Waals surface area contributed by atoms with Crippen LogP contribution in [-0.2, 0) is 16.0 Å². The largest absolute Gasteiger partial charge is 0.433 e. The Hall–Kier alpha value is -2.66. The minimum absolute atomic E-state index is 0.107. The average Bonchev–Trinajstić information content (AvgIpc) is 3.04. The Bertz CT molecular complexity index is 1240. The predicted molar refractivity (Wildman–Crippen MR) is 107 cm³/mol. The first-order valence-electron chi connectivity index (χ1n) is 8.79. The standard InChI is InChI=1S/C19H17ClF4N4O2S/c1-9-6-15(19(22,23)24)25-8-14(9)27-16(11-4-5-13(21)12(20)7-11)17-26-10(2)18(28-17)31(3,29)30/h4-8,16,27H,1-3H3,(H,26,28). The second-order valence-electron chi connectivity index (χ2n) is 6.94. The molecule has 1 aromatic carbocycles. The number of aromatic nitrogens is 3. The molecular formula is C19H17ClF4N4O2S. The predicted octanol–water partition coefficient (Wildman–Crippen LogP) is 4.84. The SMILES string of the molecule is Cc1cc(C(F)(F)F)ncc1NC(c1ccc(F)c(Cl)c1)c1nc(C)c(S(C)(=O)=O)[nH]1. The van der Waals surface area contributed by atoms with Gasteiger partial charge >= 0.3 is 6.18 Å². The van der Waals surface area contributed by atoms with Crippen LogP contribution in [0.2, 0.25) is 5.02 Å². The fourth-order valence-electron chi connectivity index (χ4n) is 2.98. The Morgan fingerprint density at radius 1 is 1.19 bits per heavy atom. The summed E-state index contributed by atoms with van der Waals surface area (Å²) in [4.78, 5) is 10.4. The van der Waals surface area contributed by atoms with Crippen LogP contribution in [0.3, 0.4) is 0 Å². The fraction of sp³-hybridized carbons (Fsp3) is 0.263. The maximum absolute atomic E-state index is 13.7. The lowest BCUT2D eigenvalue weighted by molar-refractivity contribution is -0.141. The van der Waals surface area contributed by atoms with Crippen LogP contribution < -0.4 is 5.32 Å². The van der Waals surface area contributed by atoms with Gasteiger partial charge in [0.1, 0.15) is 23.4 Å². The third-order valence-electron chi connectivity index (χ3n) is 4.48. The van der Waals surface area contributed by atoms with E-state index >= 15 is 0 Å². The molecule has 2 N–H and O–H groups in total. The Labute approximate surface area is 180 Å². The van der Waals surface area contributed by atoms with Crippen LogP contribution in [0.1, 0.15) is 34.4 Å². The maximum atomic E-state index is 13.7. The molecule has 166 valence electrons. The van der Waals surface area contributed by atoms with Crippen LogP contribution in [0.15, 0.2) is 35.5 Å². The van der Waals surface area contributed by atoms with Gasteiger partial charge in [-0.15, -0.1) is 0 Å². The van der Waals surface area contributed by atoms with Crippen molar-refractivity contribution in [1.29, 1.82) is 0 Å². The molecule has 3 rings (SSSR count). The number of halogens is 5. The lowest BCUT2D eigenvalue weighted by Crippen LogP contribution is -2.16. The molecule has 0 spiro atoms. The molecule has 2 heterocycles. The Morgan fingerprint density at radius 2 is 1.87 bits per heavy atom. The molecule has 0 saturated carbocycles. The van der Waals surface area contributed by atoms with Gasteiger partial charge in [0.15, 0.2) is 14.9 Å². The molecule has 0 bridgehead atoms. The second-order valence-corrected chi connectivity index (χ2v) is 9.30. The van der Waals surface area contributed by atoms with Crippen LogP contribution >= 0.6 is 11.6 Å². The number of aromatic amines is 1. The third-order valence-corrected chi connectivity index (χ3v) is 5.91. The molecule has 6 nitrogen and oxygen atoms in total. The molecule has 2 aromatic heterocycles. The van der Waals surface area contributed by atoms with Gasteiger partial charge < -0.3 is 10.3 Å². The highest BCUT2D eigenvalue weighted by Gasteiger charge is 2.33. The lowest BCUT2D eigenvalue weighted by atomic mass is 10.0. The summed E-state index contributed by atoms with van der Waals surface area (Å²) in [6, 6.07) is 3.84. The number of pyridine rings is 1. The zero-order chi connectivity index (χ0) is 23.1. The second kappa shape index (κ2) is 8.12. The molecule has 0 radical (unpaired) electrons. The topological polar surface area (TPSA) is 87.7 Å². The normalized spacial score (nSPS) is 13.3. The van der Waals surface area contributed by atoms with Crippen molar-refractivity contribution in [3.63, 3.8) is 0 Å². The van der Waals surface area contributed by atoms with Crippen LogP contribution in [0.4, 0.5) is 23.2 Å². The van der Waals surface area contributed by atoms with Crippen LogP contribution in [0.5, 0.6) is 0 Å². The number of H-pyrrole nitrogens is 1. The summed E-state index contributed by atoms with van der Waals surface area (Å²) in [5.41, 5.74) is 0.0463. The smallest absolute Gasteiger partial charge is 0.370 e. The molecule has 0 aliphatic carbocycles. The van der Waals surface area contributed by atoms with Gasteiger partial charge in [-0.1, -0.05) is 17.7 Å². The van der Waals surface area contributed by atoms with Gasteiger partial charge in [-0.2, -0.15) is 13.2 Å². The first kappa shape index (κ1) is 23.0. The van der Waals surface area contributed by atoms with E-state index in [1.54, 1.807) is 0 Å². The van der Waals surface area contributed by atoms with Crippen molar-refractivity contribution < 1.29 is 26.0 Å². The zero-order valence-electron chi connectivity index (χ0n) is 16.5. The fourth-order valence-corrected chi connectivity index (χ4v) is 4.04. The summed E-state index contributed by atoms with van der Waals surface area (Å²) in [5, 5.41) is 2.71. The Balaban J connectivity index is 2.10. The van der Waals surface area contributed by atoms with E-state index in [9.17, 15) is 26.0 Å². The first-order chi connectivity index (χ1) is 14.3. The van der Waals surface area contributed by atoms with Gasteiger partial charge in [0, 0.05) is 6.26 Å². The quantitative estimate of drug-likeness (QED) is 0.515. The van der Waals surface area contributed by atoms with Crippen molar-refractivity contribution in [2.45, 2.75) is 31.1 Å². The number of aryl methyl sites for hydroxylation is 2. The van der Waals surface area contributed by atoms with Gasteiger partial charge in [-0.05, 0) is 43.2 Å². The maximum Gasteiger partial charge on any atom is 0.433 e. The third kappa shape index (κ3) is 4.99. The number of benzene rings is 1. The van der Waals surface area contributed by atoms with Crippen molar-refractivity contribution in [2.75, 3.05) is 11.6 Å². The number of hydrogen-bond acceptors (Lipinski definition) is 5. The number of rotatable bonds is 5. The molecular weight excluding hydrogens is 460 g/mol. The van der Waals surface area contributed by atoms with E-state index < -0.39 is 33.6 Å². The summed E-state index contributed by atoms with van der Waals surface area (Å²) >= 11 is 5.89. The zero-order valence-corrected chi connectivity index (χ0v) is 18.0. The summed E-state index contributed by atoms with van der Waals surface area (Å²) in [6.45, 7) is 2.96. The van der Waals surface area contributed by atoms with Crippen LogP contribution in [0.25, 0.3) is 0 Å².